The van der Waals surface area contributed by atoms with Gasteiger partial charge in [-0.25, -0.2) is 4.98 Å². The molecule has 0 saturated carbocycles. The van der Waals surface area contributed by atoms with Crippen molar-refractivity contribution in [2.75, 3.05) is 11.5 Å². The molecule has 1 heterocycles. The molecular formula is C15H20N4S. The summed E-state index contributed by atoms with van der Waals surface area (Å²) in [5.74, 6) is 1.14. The summed E-state index contributed by atoms with van der Waals surface area (Å²) < 4.78 is 0. The Morgan fingerprint density at radius 1 is 1.10 bits per heavy atom. The van der Waals surface area contributed by atoms with Crippen LogP contribution in [0, 0.1) is 22.7 Å². The monoisotopic (exact) mass is 288 g/mol. The van der Waals surface area contributed by atoms with Crippen LogP contribution in [0.1, 0.15) is 56.6 Å². The first-order valence-electron chi connectivity index (χ1n) is 6.96. The number of nitrogens with two attached hydrogens (primary N) is 1. The average Bonchev–Trinajstić information content (AvgIpc) is 2.46. The van der Waals surface area contributed by atoms with Crippen LogP contribution in [-0.2, 0) is 0 Å². The number of rotatable bonds is 8. The highest BCUT2D eigenvalue weighted by Crippen LogP contribution is 2.25. The van der Waals surface area contributed by atoms with Gasteiger partial charge < -0.3 is 5.73 Å². The molecule has 0 fully saturated rings. The largest absolute Gasteiger partial charge is 0.383 e. The minimum absolute atomic E-state index is 0.206. The number of thioether (sulfide) groups is 1. The molecule has 20 heavy (non-hydrogen) atoms. The van der Waals surface area contributed by atoms with Crippen molar-refractivity contribution in [3.8, 4) is 12.1 Å². The number of hydrogen-bond acceptors (Lipinski definition) is 5. The van der Waals surface area contributed by atoms with Crippen molar-refractivity contribution in [2.24, 2.45) is 0 Å². The van der Waals surface area contributed by atoms with Gasteiger partial charge in [0, 0.05) is 0 Å². The quantitative estimate of drug-likeness (QED) is 0.579. The molecule has 1 aromatic rings. The van der Waals surface area contributed by atoms with E-state index >= 15 is 0 Å². The Bertz CT molecular complexity index is 514. The Morgan fingerprint density at radius 2 is 1.75 bits per heavy atom. The lowest BCUT2D eigenvalue weighted by molar-refractivity contribution is 0.627. The zero-order chi connectivity index (χ0) is 14.8. The van der Waals surface area contributed by atoms with Crippen molar-refractivity contribution in [1.29, 1.82) is 10.5 Å². The fraction of sp³-hybridized carbons (Fsp3) is 0.533. The van der Waals surface area contributed by atoms with Gasteiger partial charge in [0.2, 0.25) is 0 Å². The van der Waals surface area contributed by atoms with E-state index in [2.05, 4.69) is 18.0 Å². The molecule has 2 N–H and O–H groups in total. The number of nitriles is 2. The van der Waals surface area contributed by atoms with E-state index in [4.69, 9.17) is 16.3 Å². The first-order chi connectivity index (χ1) is 9.72. The van der Waals surface area contributed by atoms with Gasteiger partial charge in [-0.1, -0.05) is 39.0 Å². The van der Waals surface area contributed by atoms with Crippen LogP contribution in [0.15, 0.2) is 11.1 Å². The lowest BCUT2D eigenvalue weighted by Crippen LogP contribution is -1.99. The summed E-state index contributed by atoms with van der Waals surface area (Å²) in [6.07, 6.45) is 7.45. The fourth-order valence-electron chi connectivity index (χ4n) is 1.84. The molecule has 106 valence electrons. The van der Waals surface area contributed by atoms with Gasteiger partial charge >= 0.3 is 0 Å². The summed E-state index contributed by atoms with van der Waals surface area (Å²) in [5.41, 5.74) is 6.39. The molecule has 0 aliphatic rings. The maximum atomic E-state index is 9.08. The zero-order valence-electron chi connectivity index (χ0n) is 11.9. The number of anilines is 1. The maximum Gasteiger partial charge on any atom is 0.142 e. The van der Waals surface area contributed by atoms with Gasteiger partial charge in [-0.2, -0.15) is 10.5 Å². The minimum Gasteiger partial charge on any atom is -0.383 e. The highest BCUT2D eigenvalue weighted by atomic mass is 32.2. The van der Waals surface area contributed by atoms with Gasteiger partial charge in [-0.15, -0.1) is 11.8 Å². The Balaban J connectivity index is 2.46. The second-order valence-corrected chi connectivity index (χ2v) is 5.70. The van der Waals surface area contributed by atoms with Gasteiger partial charge in [0.1, 0.15) is 23.0 Å². The highest BCUT2D eigenvalue weighted by molar-refractivity contribution is 7.99. The molecule has 1 rings (SSSR count). The van der Waals surface area contributed by atoms with Crippen molar-refractivity contribution in [3.63, 3.8) is 0 Å². The summed E-state index contributed by atoms with van der Waals surface area (Å²) in [6.45, 7) is 2.21. The molecule has 0 amide bonds. The average molecular weight is 288 g/mol. The van der Waals surface area contributed by atoms with E-state index in [0.717, 1.165) is 12.2 Å². The normalized spacial score (nSPS) is 9.95. The van der Waals surface area contributed by atoms with E-state index in [1.165, 1.54) is 38.2 Å². The van der Waals surface area contributed by atoms with E-state index in [1.54, 1.807) is 11.8 Å². The SMILES string of the molecule is CCCCCCCCSc1nc(N)c(C#N)cc1C#N. The van der Waals surface area contributed by atoms with Gasteiger partial charge in [0.25, 0.3) is 0 Å². The van der Waals surface area contributed by atoms with E-state index in [-0.39, 0.29) is 11.4 Å². The minimum atomic E-state index is 0.206. The maximum absolute atomic E-state index is 9.08. The summed E-state index contributed by atoms with van der Waals surface area (Å²) in [7, 11) is 0. The zero-order valence-corrected chi connectivity index (χ0v) is 12.7. The van der Waals surface area contributed by atoms with Crippen LogP contribution in [0.25, 0.3) is 0 Å². The standard InChI is InChI=1S/C15H20N4S/c1-2-3-4-5-6-7-8-20-15-13(11-17)9-12(10-16)14(18)19-15/h9H,2-8H2,1H3,(H2,18,19). The highest BCUT2D eigenvalue weighted by Gasteiger charge is 2.09. The van der Waals surface area contributed by atoms with Crippen LogP contribution in [-0.4, -0.2) is 10.7 Å². The van der Waals surface area contributed by atoms with E-state index < -0.39 is 0 Å². The molecule has 0 aliphatic carbocycles. The summed E-state index contributed by atoms with van der Waals surface area (Å²) in [6, 6.07) is 5.54. The topological polar surface area (TPSA) is 86.5 Å². The molecule has 0 aromatic carbocycles. The van der Waals surface area contributed by atoms with E-state index in [9.17, 15) is 0 Å². The number of aromatic nitrogens is 1. The molecule has 5 heteroatoms. The summed E-state index contributed by atoms with van der Waals surface area (Å²) in [4.78, 5) is 4.16. The third-order valence-corrected chi connectivity index (χ3v) is 4.07. The molecule has 0 bridgehead atoms. The van der Waals surface area contributed by atoms with E-state index in [1.807, 2.05) is 6.07 Å². The molecule has 0 unspecified atom stereocenters. The number of pyridine rings is 1. The number of unbranched alkanes of at least 4 members (excludes halogenated alkanes) is 5. The van der Waals surface area contributed by atoms with Crippen LogP contribution >= 0.6 is 11.8 Å². The van der Waals surface area contributed by atoms with Crippen LogP contribution in [0.4, 0.5) is 5.82 Å². The Kier molecular flexibility index (Phi) is 7.54. The van der Waals surface area contributed by atoms with Crippen molar-refractivity contribution < 1.29 is 0 Å². The molecule has 1 aromatic heterocycles. The van der Waals surface area contributed by atoms with Crippen molar-refractivity contribution in [2.45, 2.75) is 50.5 Å². The Labute approximate surface area is 125 Å². The third-order valence-electron chi connectivity index (χ3n) is 2.99. The smallest absolute Gasteiger partial charge is 0.142 e. The Hall–Kier alpha value is -1.72. The molecule has 4 nitrogen and oxygen atoms in total. The first-order valence-corrected chi connectivity index (χ1v) is 7.95. The third kappa shape index (κ3) is 5.11. The summed E-state index contributed by atoms with van der Waals surface area (Å²) >= 11 is 1.55. The number of hydrogen-bond donors (Lipinski definition) is 1. The summed E-state index contributed by atoms with van der Waals surface area (Å²) in [5, 5.41) is 18.6. The molecule has 0 aliphatic heterocycles. The molecule has 0 spiro atoms. The Morgan fingerprint density at radius 3 is 2.40 bits per heavy atom. The van der Waals surface area contributed by atoms with Crippen LogP contribution in [0.3, 0.4) is 0 Å². The fourth-order valence-corrected chi connectivity index (χ4v) is 2.81. The number of nitrogen functional groups attached to an aromatic ring is 1. The van der Waals surface area contributed by atoms with Crippen LogP contribution < -0.4 is 5.73 Å². The predicted octanol–water partition coefficient (Wildman–Crippen LogP) is 3.86. The lowest BCUT2D eigenvalue weighted by atomic mass is 10.1. The predicted molar refractivity (Wildman–Crippen MR) is 82.2 cm³/mol. The van der Waals surface area contributed by atoms with Crippen molar-refractivity contribution in [3.05, 3.63) is 17.2 Å². The van der Waals surface area contributed by atoms with Gasteiger partial charge in [0.05, 0.1) is 11.1 Å². The first kappa shape index (κ1) is 16.3. The molecule has 0 radical (unpaired) electrons. The molecular weight excluding hydrogens is 268 g/mol. The van der Waals surface area contributed by atoms with Crippen LogP contribution in [0.5, 0.6) is 0 Å². The van der Waals surface area contributed by atoms with Gasteiger partial charge in [-0.05, 0) is 18.2 Å². The van der Waals surface area contributed by atoms with Crippen LogP contribution in [0.2, 0.25) is 0 Å². The van der Waals surface area contributed by atoms with Gasteiger partial charge in [0.15, 0.2) is 0 Å². The molecule has 0 saturated heterocycles. The van der Waals surface area contributed by atoms with Crippen molar-refractivity contribution in [1.82, 2.24) is 4.98 Å². The number of nitrogens with zero attached hydrogens (tertiary/aromatic N) is 3. The second kappa shape index (κ2) is 9.23. The second-order valence-electron chi connectivity index (χ2n) is 4.61. The van der Waals surface area contributed by atoms with E-state index in [0.29, 0.717) is 10.6 Å². The lowest BCUT2D eigenvalue weighted by Gasteiger charge is -2.05. The van der Waals surface area contributed by atoms with Gasteiger partial charge in [-0.3, -0.25) is 0 Å². The van der Waals surface area contributed by atoms with Crippen molar-refractivity contribution >= 4 is 17.6 Å². The molecule has 0 atom stereocenters.